The molecule has 4 nitrogen and oxygen atoms in total. The van der Waals surface area contributed by atoms with Gasteiger partial charge in [-0.15, -0.1) is 0 Å². The van der Waals surface area contributed by atoms with E-state index in [0.717, 1.165) is 12.8 Å². The van der Waals surface area contributed by atoms with Crippen LogP contribution in [-0.2, 0) is 14.2 Å². The predicted octanol–water partition coefficient (Wildman–Crippen LogP) is 1.18. The summed E-state index contributed by atoms with van der Waals surface area (Å²) in [5.41, 5.74) is 5.45. The minimum absolute atomic E-state index is 0.174. The summed E-state index contributed by atoms with van der Waals surface area (Å²) in [6.07, 6.45) is 1.84. The van der Waals surface area contributed by atoms with Crippen LogP contribution in [0.15, 0.2) is 0 Å². The van der Waals surface area contributed by atoms with E-state index in [9.17, 15) is 0 Å². The fraction of sp³-hybridized carbons (Fsp3) is 1.00. The van der Waals surface area contributed by atoms with E-state index in [4.69, 9.17) is 19.9 Å². The molecule has 0 saturated carbocycles. The van der Waals surface area contributed by atoms with E-state index in [1.54, 1.807) is 7.11 Å². The van der Waals surface area contributed by atoms with Gasteiger partial charge in [-0.2, -0.15) is 0 Å². The van der Waals surface area contributed by atoms with Crippen LogP contribution < -0.4 is 5.73 Å². The first-order valence-corrected chi connectivity index (χ1v) is 5.59. The zero-order chi connectivity index (χ0) is 11.6. The molecule has 0 rings (SSSR count). The van der Waals surface area contributed by atoms with E-state index >= 15 is 0 Å². The first-order valence-electron chi connectivity index (χ1n) is 5.59. The summed E-state index contributed by atoms with van der Waals surface area (Å²) in [6, 6.07) is 0. The molecule has 15 heavy (non-hydrogen) atoms. The quantitative estimate of drug-likeness (QED) is 0.561. The molecule has 0 aromatic rings. The van der Waals surface area contributed by atoms with Gasteiger partial charge in [0.05, 0.1) is 18.8 Å². The van der Waals surface area contributed by atoms with E-state index in [-0.39, 0.29) is 5.60 Å². The summed E-state index contributed by atoms with van der Waals surface area (Å²) in [5.74, 6) is 0. The molecule has 0 spiro atoms. The van der Waals surface area contributed by atoms with Crippen LogP contribution in [0, 0.1) is 0 Å². The second kappa shape index (κ2) is 9.09. The van der Waals surface area contributed by atoms with Crippen LogP contribution in [0.25, 0.3) is 0 Å². The fourth-order valence-electron chi connectivity index (χ4n) is 1.03. The lowest BCUT2D eigenvalue weighted by molar-refractivity contribution is -0.0374. The lowest BCUT2D eigenvalue weighted by Gasteiger charge is -2.26. The van der Waals surface area contributed by atoms with Crippen molar-refractivity contribution in [3.05, 3.63) is 0 Å². The molecule has 2 N–H and O–H groups in total. The molecule has 0 saturated heterocycles. The van der Waals surface area contributed by atoms with Crippen LogP contribution in [0.5, 0.6) is 0 Å². The molecule has 0 fully saturated rings. The van der Waals surface area contributed by atoms with Gasteiger partial charge in [0.25, 0.3) is 0 Å². The van der Waals surface area contributed by atoms with Gasteiger partial charge < -0.3 is 19.9 Å². The number of rotatable bonds is 10. The Bertz CT molecular complexity index is 138. The Morgan fingerprint density at radius 2 is 1.87 bits per heavy atom. The Balaban J connectivity index is 3.29. The fourth-order valence-corrected chi connectivity index (χ4v) is 1.03. The molecule has 0 aliphatic rings. The van der Waals surface area contributed by atoms with Gasteiger partial charge in [-0.05, 0) is 19.8 Å². The molecular formula is C11H25NO3. The van der Waals surface area contributed by atoms with E-state index < -0.39 is 0 Å². The molecule has 92 valence electrons. The maximum atomic E-state index is 5.70. The van der Waals surface area contributed by atoms with Crippen molar-refractivity contribution >= 4 is 0 Å². The lowest BCUT2D eigenvalue weighted by Crippen LogP contribution is -2.37. The van der Waals surface area contributed by atoms with Gasteiger partial charge in [-0.25, -0.2) is 0 Å². The number of nitrogens with two attached hydrogens (primary N) is 1. The highest BCUT2D eigenvalue weighted by Gasteiger charge is 2.19. The highest BCUT2D eigenvalue weighted by Crippen LogP contribution is 2.13. The van der Waals surface area contributed by atoms with Crippen LogP contribution in [0.2, 0.25) is 0 Å². The van der Waals surface area contributed by atoms with Crippen molar-refractivity contribution in [1.82, 2.24) is 0 Å². The van der Waals surface area contributed by atoms with E-state index in [1.807, 2.05) is 6.92 Å². The largest absolute Gasteiger partial charge is 0.382 e. The van der Waals surface area contributed by atoms with Crippen molar-refractivity contribution in [1.29, 1.82) is 0 Å². The van der Waals surface area contributed by atoms with Gasteiger partial charge in [-0.1, -0.05) is 6.92 Å². The Hall–Kier alpha value is -0.160. The zero-order valence-corrected chi connectivity index (χ0v) is 10.3. The summed E-state index contributed by atoms with van der Waals surface area (Å²) in [6.45, 7) is 7.41. The van der Waals surface area contributed by atoms with Gasteiger partial charge in [0.1, 0.15) is 0 Å². The molecule has 0 bridgehead atoms. The summed E-state index contributed by atoms with van der Waals surface area (Å²) in [7, 11) is 1.67. The van der Waals surface area contributed by atoms with Crippen LogP contribution in [0.3, 0.4) is 0 Å². The number of hydrogen-bond donors (Lipinski definition) is 1. The Labute approximate surface area is 93.1 Å². The summed E-state index contributed by atoms with van der Waals surface area (Å²) in [5, 5.41) is 0. The third-order valence-electron chi connectivity index (χ3n) is 2.50. The highest BCUT2D eigenvalue weighted by atomic mass is 16.5. The van der Waals surface area contributed by atoms with Crippen molar-refractivity contribution in [3.63, 3.8) is 0 Å². The van der Waals surface area contributed by atoms with Gasteiger partial charge in [0.15, 0.2) is 0 Å². The van der Waals surface area contributed by atoms with E-state index in [0.29, 0.717) is 33.0 Å². The smallest absolute Gasteiger partial charge is 0.0773 e. The summed E-state index contributed by atoms with van der Waals surface area (Å²) < 4.78 is 15.9. The third kappa shape index (κ3) is 7.73. The van der Waals surface area contributed by atoms with Crippen molar-refractivity contribution in [2.75, 3.05) is 40.1 Å². The van der Waals surface area contributed by atoms with Gasteiger partial charge in [0.2, 0.25) is 0 Å². The number of methoxy groups -OCH3 is 1. The average Bonchev–Trinajstić information content (AvgIpc) is 2.27. The van der Waals surface area contributed by atoms with Crippen LogP contribution in [0.4, 0.5) is 0 Å². The topological polar surface area (TPSA) is 53.7 Å². The minimum atomic E-state index is -0.174. The molecule has 0 aromatic heterocycles. The second-order valence-electron chi connectivity index (χ2n) is 3.81. The predicted molar refractivity (Wildman–Crippen MR) is 61.0 cm³/mol. The second-order valence-corrected chi connectivity index (χ2v) is 3.81. The SMILES string of the molecule is CCC(C)(CN)OCCCOCCOC. The Morgan fingerprint density at radius 1 is 1.13 bits per heavy atom. The monoisotopic (exact) mass is 219 g/mol. The van der Waals surface area contributed by atoms with E-state index in [2.05, 4.69) is 6.92 Å². The van der Waals surface area contributed by atoms with Crippen molar-refractivity contribution in [2.24, 2.45) is 5.73 Å². The minimum Gasteiger partial charge on any atom is -0.382 e. The maximum absolute atomic E-state index is 5.70. The molecule has 0 radical (unpaired) electrons. The van der Waals surface area contributed by atoms with Crippen molar-refractivity contribution < 1.29 is 14.2 Å². The molecule has 0 aliphatic heterocycles. The van der Waals surface area contributed by atoms with Gasteiger partial charge in [-0.3, -0.25) is 0 Å². The lowest BCUT2D eigenvalue weighted by atomic mass is 10.0. The number of hydrogen-bond acceptors (Lipinski definition) is 4. The highest BCUT2D eigenvalue weighted by molar-refractivity contribution is 4.73. The normalized spacial score (nSPS) is 15.2. The molecule has 4 heteroatoms. The van der Waals surface area contributed by atoms with Crippen molar-refractivity contribution in [2.45, 2.75) is 32.3 Å². The third-order valence-corrected chi connectivity index (χ3v) is 2.50. The molecule has 0 aromatic carbocycles. The van der Waals surface area contributed by atoms with Crippen LogP contribution >= 0.6 is 0 Å². The van der Waals surface area contributed by atoms with Crippen molar-refractivity contribution in [3.8, 4) is 0 Å². The standard InChI is InChI=1S/C11H25NO3/c1-4-11(2,10-12)15-7-5-6-14-9-8-13-3/h4-10,12H2,1-3H3. The van der Waals surface area contributed by atoms with E-state index in [1.165, 1.54) is 0 Å². The van der Waals surface area contributed by atoms with Crippen LogP contribution in [-0.4, -0.2) is 45.7 Å². The summed E-state index contributed by atoms with van der Waals surface area (Å²) in [4.78, 5) is 0. The van der Waals surface area contributed by atoms with Gasteiger partial charge >= 0.3 is 0 Å². The number of ether oxygens (including phenoxy) is 3. The maximum Gasteiger partial charge on any atom is 0.0773 e. The van der Waals surface area contributed by atoms with Crippen LogP contribution in [0.1, 0.15) is 26.7 Å². The molecule has 0 aliphatic carbocycles. The Morgan fingerprint density at radius 3 is 2.40 bits per heavy atom. The zero-order valence-electron chi connectivity index (χ0n) is 10.3. The first kappa shape index (κ1) is 14.8. The molecule has 1 unspecified atom stereocenters. The molecule has 1 atom stereocenters. The average molecular weight is 219 g/mol. The Kier molecular flexibility index (Phi) is 9.00. The van der Waals surface area contributed by atoms with Gasteiger partial charge in [0, 0.05) is 26.9 Å². The molecule has 0 amide bonds. The first-order chi connectivity index (χ1) is 7.18. The molecular weight excluding hydrogens is 194 g/mol. The summed E-state index contributed by atoms with van der Waals surface area (Å²) >= 11 is 0. The molecule has 0 heterocycles.